The third-order valence-corrected chi connectivity index (χ3v) is 3.81. The van der Waals surface area contributed by atoms with Gasteiger partial charge in [-0.05, 0) is 51.0 Å². The molecule has 0 aliphatic carbocycles. The summed E-state index contributed by atoms with van der Waals surface area (Å²) in [4.78, 5) is 4.75. The van der Waals surface area contributed by atoms with Gasteiger partial charge in [0.15, 0.2) is 11.0 Å². The number of hydrogen-bond donors (Lipinski definition) is 2. The van der Waals surface area contributed by atoms with E-state index in [4.69, 9.17) is 9.40 Å². The molecule has 0 aliphatic heterocycles. The number of aryl methyl sites for hydroxylation is 2. The van der Waals surface area contributed by atoms with Gasteiger partial charge in [-0.2, -0.15) is 0 Å². The van der Waals surface area contributed by atoms with Crippen molar-refractivity contribution in [2.45, 2.75) is 27.7 Å². The monoisotopic (exact) mass is 296 g/mol. The molecule has 0 radical (unpaired) electrons. The second-order valence-electron chi connectivity index (χ2n) is 5.54. The van der Waals surface area contributed by atoms with Gasteiger partial charge in [-0.1, -0.05) is 0 Å². The molecule has 0 spiro atoms. The molecule has 2 N–H and O–H groups in total. The fourth-order valence-electron chi connectivity index (χ4n) is 2.69. The van der Waals surface area contributed by atoms with Crippen molar-refractivity contribution >= 4 is 33.6 Å². The lowest BCUT2D eigenvalue weighted by Gasteiger charge is -2.07. The van der Waals surface area contributed by atoms with E-state index in [0.717, 1.165) is 46.7 Å². The predicted octanol–water partition coefficient (Wildman–Crippen LogP) is 4.74. The van der Waals surface area contributed by atoms with E-state index in [0.29, 0.717) is 0 Å². The van der Waals surface area contributed by atoms with Crippen molar-refractivity contribution < 1.29 is 4.42 Å². The molecule has 1 heterocycles. The van der Waals surface area contributed by atoms with Gasteiger partial charge >= 0.3 is 11.2 Å². The maximum Gasteiger partial charge on any atom is 0.381 e. The van der Waals surface area contributed by atoms with Gasteiger partial charge < -0.3 is 10.6 Å². The summed E-state index contributed by atoms with van der Waals surface area (Å²) in [7, 11) is 0. The Morgan fingerprint density at radius 3 is 1.68 bits per heavy atom. The normalized spacial score (nSPS) is 11.1. The van der Waals surface area contributed by atoms with E-state index in [9.17, 15) is 0 Å². The lowest BCUT2D eigenvalue weighted by atomic mass is 10.1. The SMILES string of the molecule is CCNc1cc2[o+]c3cc(NCC)c(C)cc3nc2cc1C. The van der Waals surface area contributed by atoms with E-state index in [1.165, 1.54) is 11.1 Å². The molecule has 3 aromatic rings. The lowest BCUT2D eigenvalue weighted by molar-refractivity contribution is 0.657. The van der Waals surface area contributed by atoms with E-state index in [1.807, 2.05) is 12.1 Å². The number of anilines is 2. The number of hydrogen-bond acceptors (Lipinski definition) is 3. The summed E-state index contributed by atoms with van der Waals surface area (Å²) in [6.45, 7) is 10.1. The van der Waals surface area contributed by atoms with Crippen LogP contribution in [0.2, 0.25) is 0 Å². The van der Waals surface area contributed by atoms with Crippen LogP contribution in [0, 0.1) is 13.8 Å². The molecule has 2 aromatic carbocycles. The Bertz CT molecular complexity index is 776. The number of fused-ring (bicyclic) bond motifs is 2. The molecule has 0 saturated carbocycles. The topological polar surface area (TPSA) is 48.2 Å². The number of rotatable bonds is 4. The zero-order valence-electron chi connectivity index (χ0n) is 13.6. The molecular formula is C18H22N3O+. The third kappa shape index (κ3) is 2.56. The minimum Gasteiger partial charge on any atom is -0.385 e. The predicted molar refractivity (Wildman–Crippen MR) is 93.7 cm³/mol. The molecule has 0 unspecified atom stereocenters. The summed E-state index contributed by atoms with van der Waals surface area (Å²) >= 11 is 0. The highest BCUT2D eigenvalue weighted by molar-refractivity contribution is 5.88. The molecule has 0 aliphatic rings. The first-order chi connectivity index (χ1) is 10.6. The average molecular weight is 296 g/mol. The van der Waals surface area contributed by atoms with Gasteiger partial charge in [0.25, 0.3) is 0 Å². The smallest absolute Gasteiger partial charge is 0.381 e. The number of nitrogens with zero attached hydrogens (tertiary/aromatic N) is 1. The van der Waals surface area contributed by atoms with Crippen molar-refractivity contribution in [1.29, 1.82) is 0 Å². The van der Waals surface area contributed by atoms with Crippen molar-refractivity contribution in [3.8, 4) is 0 Å². The van der Waals surface area contributed by atoms with E-state index in [2.05, 4.69) is 50.5 Å². The molecule has 22 heavy (non-hydrogen) atoms. The van der Waals surface area contributed by atoms with Crippen molar-refractivity contribution in [3.63, 3.8) is 0 Å². The van der Waals surface area contributed by atoms with Crippen LogP contribution in [-0.2, 0) is 0 Å². The molecule has 0 bridgehead atoms. The molecular weight excluding hydrogens is 274 g/mol. The summed E-state index contributed by atoms with van der Waals surface area (Å²) in [6.07, 6.45) is 0. The molecule has 1 aromatic heterocycles. The molecule has 0 atom stereocenters. The van der Waals surface area contributed by atoms with Gasteiger partial charge in [0, 0.05) is 24.5 Å². The minimum atomic E-state index is 0.806. The van der Waals surface area contributed by atoms with E-state index in [-0.39, 0.29) is 0 Å². The zero-order chi connectivity index (χ0) is 15.7. The van der Waals surface area contributed by atoms with Crippen molar-refractivity contribution in [3.05, 3.63) is 35.4 Å². The van der Waals surface area contributed by atoms with E-state index >= 15 is 0 Å². The molecule has 0 saturated heterocycles. The molecule has 0 fully saturated rings. The first-order valence-electron chi connectivity index (χ1n) is 7.79. The number of aromatic nitrogens is 1. The van der Waals surface area contributed by atoms with Crippen LogP contribution in [0.3, 0.4) is 0 Å². The third-order valence-electron chi connectivity index (χ3n) is 3.81. The van der Waals surface area contributed by atoms with E-state index < -0.39 is 0 Å². The minimum absolute atomic E-state index is 0.806. The van der Waals surface area contributed by atoms with Crippen molar-refractivity contribution in [2.75, 3.05) is 23.7 Å². The summed E-state index contributed by atoms with van der Waals surface area (Å²) in [5.41, 5.74) is 7.94. The standard InChI is InChI=1S/C18H22N3O/c1-5-19-13-9-17-15(7-11(13)3)21-16-8-12(4)14(20-6-2)10-18(16)22-17/h7-10,19-20H,5-6H2,1-4H3/q+1. The highest BCUT2D eigenvalue weighted by Gasteiger charge is 2.17. The maximum atomic E-state index is 6.09. The Hall–Kier alpha value is -2.36. The van der Waals surface area contributed by atoms with Crippen LogP contribution in [0.4, 0.5) is 11.4 Å². The van der Waals surface area contributed by atoms with Gasteiger partial charge in [0.1, 0.15) is 0 Å². The molecule has 4 heteroatoms. The van der Waals surface area contributed by atoms with Gasteiger partial charge in [-0.25, -0.2) is 9.40 Å². The van der Waals surface area contributed by atoms with Crippen LogP contribution >= 0.6 is 0 Å². The number of nitrogens with one attached hydrogen (secondary N) is 2. The summed E-state index contributed by atoms with van der Waals surface area (Å²) in [5.74, 6) is 0. The lowest BCUT2D eigenvalue weighted by Crippen LogP contribution is -2.00. The van der Waals surface area contributed by atoms with Crippen LogP contribution in [-0.4, -0.2) is 18.1 Å². The number of benzene rings is 2. The van der Waals surface area contributed by atoms with Gasteiger partial charge in [-0.15, -0.1) is 0 Å². The molecule has 114 valence electrons. The van der Waals surface area contributed by atoms with Crippen LogP contribution in [0.1, 0.15) is 25.0 Å². The van der Waals surface area contributed by atoms with Crippen molar-refractivity contribution in [1.82, 2.24) is 4.98 Å². The molecule has 3 rings (SSSR count). The fourth-order valence-corrected chi connectivity index (χ4v) is 2.69. The highest BCUT2D eigenvalue weighted by Crippen LogP contribution is 2.28. The Kier molecular flexibility index (Phi) is 3.84. The van der Waals surface area contributed by atoms with Crippen LogP contribution in [0.5, 0.6) is 0 Å². The van der Waals surface area contributed by atoms with E-state index in [1.54, 1.807) is 0 Å². The highest BCUT2D eigenvalue weighted by atomic mass is 16.3. The Balaban J connectivity index is 2.22. The maximum absolute atomic E-state index is 6.09. The second kappa shape index (κ2) is 5.79. The van der Waals surface area contributed by atoms with Gasteiger partial charge in [0.05, 0.1) is 12.1 Å². The zero-order valence-corrected chi connectivity index (χ0v) is 13.6. The average Bonchev–Trinajstić information content (AvgIpc) is 2.48. The summed E-state index contributed by atoms with van der Waals surface area (Å²) < 4.78 is 6.09. The Morgan fingerprint density at radius 2 is 1.27 bits per heavy atom. The van der Waals surface area contributed by atoms with Gasteiger partial charge in [0.2, 0.25) is 0 Å². The quantitative estimate of drug-likeness (QED) is 0.539. The van der Waals surface area contributed by atoms with Crippen molar-refractivity contribution in [2.24, 2.45) is 0 Å². The fraction of sp³-hybridized carbons (Fsp3) is 0.333. The Morgan fingerprint density at radius 1 is 0.818 bits per heavy atom. The summed E-state index contributed by atoms with van der Waals surface area (Å²) in [6, 6.07) is 8.22. The molecule has 0 amide bonds. The largest absolute Gasteiger partial charge is 0.385 e. The summed E-state index contributed by atoms with van der Waals surface area (Å²) in [5, 5.41) is 6.71. The molecule has 4 nitrogen and oxygen atoms in total. The van der Waals surface area contributed by atoms with Gasteiger partial charge in [-0.3, -0.25) is 0 Å². The second-order valence-corrected chi connectivity index (χ2v) is 5.54. The van der Waals surface area contributed by atoms with Crippen LogP contribution in [0.15, 0.2) is 28.7 Å². The first-order valence-corrected chi connectivity index (χ1v) is 7.79. The Labute approximate surface area is 130 Å². The van der Waals surface area contributed by atoms with Crippen LogP contribution < -0.4 is 10.6 Å². The first kappa shape index (κ1) is 14.6. The van der Waals surface area contributed by atoms with Crippen LogP contribution in [0.25, 0.3) is 22.2 Å².